The van der Waals surface area contributed by atoms with Crippen LogP contribution in [0.25, 0.3) is 0 Å². The molecule has 2 rings (SSSR count). The minimum atomic E-state index is 0.166. The number of nitrogens with two attached hydrogens (primary N) is 2. The molecule has 0 bridgehead atoms. The highest BCUT2D eigenvalue weighted by Gasteiger charge is 2.12. The summed E-state index contributed by atoms with van der Waals surface area (Å²) in [5.41, 5.74) is 13.2. The molecule has 1 aromatic heterocycles. The molecule has 1 heterocycles. The Kier molecular flexibility index (Phi) is 4.85. The second kappa shape index (κ2) is 6.62. The summed E-state index contributed by atoms with van der Waals surface area (Å²) in [6.07, 6.45) is 2.20. The first-order chi connectivity index (χ1) is 10.0. The van der Waals surface area contributed by atoms with Crippen molar-refractivity contribution in [2.75, 3.05) is 25.2 Å². The van der Waals surface area contributed by atoms with Crippen molar-refractivity contribution in [3.05, 3.63) is 33.9 Å². The van der Waals surface area contributed by atoms with E-state index in [0.717, 1.165) is 15.6 Å². The van der Waals surface area contributed by atoms with Crippen molar-refractivity contribution >= 4 is 27.7 Å². The van der Waals surface area contributed by atoms with Gasteiger partial charge in [-0.05, 0) is 24.6 Å². The molecule has 2 aromatic rings. The van der Waals surface area contributed by atoms with Crippen LogP contribution in [-0.4, -0.2) is 23.7 Å². The van der Waals surface area contributed by atoms with Crippen LogP contribution in [0.1, 0.15) is 18.1 Å². The fourth-order valence-electron chi connectivity index (χ4n) is 1.92. The van der Waals surface area contributed by atoms with E-state index >= 15 is 0 Å². The van der Waals surface area contributed by atoms with E-state index in [0.29, 0.717) is 30.3 Å². The van der Waals surface area contributed by atoms with Crippen LogP contribution in [0.2, 0.25) is 0 Å². The van der Waals surface area contributed by atoms with Crippen LogP contribution in [0, 0.1) is 0 Å². The molecule has 0 radical (unpaired) electrons. The first-order valence-corrected chi connectivity index (χ1v) is 7.20. The molecule has 112 valence electrons. The van der Waals surface area contributed by atoms with Crippen LogP contribution in [0.3, 0.4) is 0 Å². The first-order valence-electron chi connectivity index (χ1n) is 6.41. The maximum absolute atomic E-state index is 5.87. The lowest BCUT2D eigenvalue weighted by Gasteiger charge is -2.13. The van der Waals surface area contributed by atoms with Gasteiger partial charge < -0.3 is 20.9 Å². The molecule has 0 saturated heterocycles. The molecule has 0 unspecified atom stereocenters. The monoisotopic (exact) mass is 352 g/mol. The van der Waals surface area contributed by atoms with Gasteiger partial charge in [0.05, 0.1) is 13.7 Å². The molecule has 0 fully saturated rings. The summed E-state index contributed by atoms with van der Waals surface area (Å²) >= 11 is 3.54. The van der Waals surface area contributed by atoms with E-state index < -0.39 is 0 Å². The van der Waals surface area contributed by atoms with Crippen molar-refractivity contribution in [2.45, 2.75) is 13.3 Å². The Hall–Kier alpha value is -2.02. The lowest BCUT2D eigenvalue weighted by Crippen LogP contribution is -2.04. The van der Waals surface area contributed by atoms with E-state index in [9.17, 15) is 0 Å². The number of hydrogen-bond acceptors (Lipinski definition) is 6. The maximum Gasteiger partial charge on any atom is 0.221 e. The van der Waals surface area contributed by atoms with Crippen LogP contribution in [-0.2, 0) is 6.42 Å². The zero-order valence-corrected chi connectivity index (χ0v) is 13.5. The van der Waals surface area contributed by atoms with Gasteiger partial charge in [-0.2, -0.15) is 4.98 Å². The Morgan fingerprint density at radius 1 is 1.19 bits per heavy atom. The van der Waals surface area contributed by atoms with Crippen molar-refractivity contribution in [3.63, 3.8) is 0 Å². The number of benzene rings is 1. The molecule has 4 N–H and O–H groups in total. The molecule has 1 aromatic carbocycles. The van der Waals surface area contributed by atoms with Crippen molar-refractivity contribution in [3.8, 4) is 11.5 Å². The number of aromatic nitrogens is 2. The Morgan fingerprint density at radius 3 is 2.57 bits per heavy atom. The fraction of sp³-hybridized carbons (Fsp3) is 0.286. The summed E-state index contributed by atoms with van der Waals surface area (Å²) in [6, 6.07) is 3.79. The maximum atomic E-state index is 5.87. The smallest absolute Gasteiger partial charge is 0.221 e. The molecule has 0 saturated carbocycles. The second-order valence-electron chi connectivity index (χ2n) is 4.34. The van der Waals surface area contributed by atoms with Gasteiger partial charge in [-0.25, -0.2) is 4.98 Å². The predicted octanol–water partition coefficient (Wildman–Crippen LogP) is 2.40. The lowest BCUT2D eigenvalue weighted by atomic mass is 10.1. The average molecular weight is 353 g/mol. The van der Waals surface area contributed by atoms with Crippen molar-refractivity contribution in [1.29, 1.82) is 0 Å². The number of hydrogen-bond donors (Lipinski definition) is 2. The molecule has 21 heavy (non-hydrogen) atoms. The van der Waals surface area contributed by atoms with E-state index in [-0.39, 0.29) is 5.95 Å². The quantitative estimate of drug-likeness (QED) is 0.857. The van der Waals surface area contributed by atoms with E-state index in [1.807, 2.05) is 19.1 Å². The largest absolute Gasteiger partial charge is 0.493 e. The first kappa shape index (κ1) is 15.4. The average Bonchev–Trinajstić information content (AvgIpc) is 2.44. The highest BCUT2D eigenvalue weighted by atomic mass is 79.9. The standard InChI is InChI=1S/C14H17BrN4O2/c1-3-21-12-6-10(15)8(5-11(12)20-2)4-9-7-18-14(17)19-13(9)16/h5-7H,3-4H2,1-2H3,(H4,16,17,18,19). The summed E-state index contributed by atoms with van der Waals surface area (Å²) < 4.78 is 11.8. The van der Waals surface area contributed by atoms with Gasteiger partial charge in [0.25, 0.3) is 0 Å². The number of nitrogen functional groups attached to an aromatic ring is 2. The molecule has 0 atom stereocenters. The summed E-state index contributed by atoms with van der Waals surface area (Å²) in [4.78, 5) is 7.93. The van der Waals surface area contributed by atoms with Crippen molar-refractivity contribution < 1.29 is 9.47 Å². The molecular formula is C14H17BrN4O2. The van der Waals surface area contributed by atoms with Crippen molar-refractivity contribution in [2.24, 2.45) is 0 Å². The zero-order chi connectivity index (χ0) is 15.4. The Bertz CT molecular complexity index is 649. The van der Waals surface area contributed by atoms with Crippen LogP contribution in [0.5, 0.6) is 11.5 Å². The van der Waals surface area contributed by atoms with Crippen molar-refractivity contribution in [1.82, 2.24) is 9.97 Å². The SMILES string of the molecule is CCOc1cc(Br)c(Cc2cnc(N)nc2N)cc1OC. The molecule has 0 amide bonds. The Balaban J connectivity index is 2.35. The third-order valence-electron chi connectivity index (χ3n) is 2.93. The van der Waals surface area contributed by atoms with E-state index in [1.165, 1.54) is 0 Å². The second-order valence-corrected chi connectivity index (χ2v) is 5.20. The van der Waals surface area contributed by atoms with Gasteiger partial charge >= 0.3 is 0 Å². The topological polar surface area (TPSA) is 96.3 Å². The van der Waals surface area contributed by atoms with Gasteiger partial charge in [0, 0.05) is 22.7 Å². The number of methoxy groups -OCH3 is 1. The molecule has 0 spiro atoms. The minimum Gasteiger partial charge on any atom is -0.493 e. The van der Waals surface area contributed by atoms with Gasteiger partial charge in [-0.15, -0.1) is 0 Å². The normalized spacial score (nSPS) is 10.4. The van der Waals surface area contributed by atoms with E-state index in [2.05, 4.69) is 25.9 Å². The highest BCUT2D eigenvalue weighted by Crippen LogP contribution is 2.34. The van der Waals surface area contributed by atoms with Crippen LogP contribution >= 0.6 is 15.9 Å². The predicted molar refractivity (Wildman–Crippen MR) is 85.5 cm³/mol. The van der Waals surface area contributed by atoms with Crippen LogP contribution in [0.15, 0.2) is 22.8 Å². The molecule has 7 heteroatoms. The molecule has 0 aliphatic carbocycles. The third kappa shape index (κ3) is 3.55. The number of anilines is 2. The number of halogens is 1. The fourth-order valence-corrected chi connectivity index (χ4v) is 2.38. The van der Waals surface area contributed by atoms with Gasteiger partial charge in [-0.1, -0.05) is 15.9 Å². The molecule has 0 aliphatic rings. The van der Waals surface area contributed by atoms with Crippen LogP contribution < -0.4 is 20.9 Å². The summed E-state index contributed by atoms with van der Waals surface area (Å²) in [5, 5.41) is 0. The van der Waals surface area contributed by atoms with Gasteiger partial charge in [0.1, 0.15) is 5.82 Å². The van der Waals surface area contributed by atoms with E-state index in [1.54, 1.807) is 13.3 Å². The van der Waals surface area contributed by atoms with Gasteiger partial charge in [0.15, 0.2) is 11.5 Å². The molecule has 0 aliphatic heterocycles. The lowest BCUT2D eigenvalue weighted by molar-refractivity contribution is 0.310. The highest BCUT2D eigenvalue weighted by molar-refractivity contribution is 9.10. The Labute approximate surface area is 131 Å². The molecule has 6 nitrogen and oxygen atoms in total. The number of ether oxygens (including phenoxy) is 2. The summed E-state index contributed by atoms with van der Waals surface area (Å²) in [5.74, 6) is 1.91. The van der Waals surface area contributed by atoms with Crippen LogP contribution in [0.4, 0.5) is 11.8 Å². The van der Waals surface area contributed by atoms with Gasteiger partial charge in [0.2, 0.25) is 5.95 Å². The molecular weight excluding hydrogens is 336 g/mol. The zero-order valence-electron chi connectivity index (χ0n) is 11.9. The summed E-state index contributed by atoms with van der Waals surface area (Å²) in [7, 11) is 1.61. The van der Waals surface area contributed by atoms with Gasteiger partial charge in [-0.3, -0.25) is 0 Å². The third-order valence-corrected chi connectivity index (χ3v) is 3.67. The number of rotatable bonds is 5. The Morgan fingerprint density at radius 2 is 1.95 bits per heavy atom. The summed E-state index contributed by atoms with van der Waals surface area (Å²) in [6.45, 7) is 2.49. The van der Waals surface area contributed by atoms with E-state index in [4.69, 9.17) is 20.9 Å². The number of nitrogens with zero attached hydrogens (tertiary/aromatic N) is 2. The minimum absolute atomic E-state index is 0.166.